The van der Waals surface area contributed by atoms with Crippen LogP contribution in [0.2, 0.25) is 0 Å². The normalized spacial score (nSPS) is 12.5. The highest BCUT2D eigenvalue weighted by Gasteiger charge is 2.20. The molecule has 418 valence electrons. The predicted molar refractivity (Wildman–Crippen MR) is 306 cm³/mol. The molecule has 0 aliphatic carbocycles. The minimum Gasteiger partial charge on any atom is -0.466 e. The van der Waals surface area contributed by atoms with Crippen molar-refractivity contribution in [1.82, 2.24) is 5.32 Å². The van der Waals surface area contributed by atoms with Crippen LogP contribution in [0.1, 0.15) is 373 Å². The minimum atomic E-state index is -0.668. The number of aliphatic hydroxyl groups is 2. The Morgan fingerprint density at radius 1 is 0.343 bits per heavy atom. The lowest BCUT2D eigenvalue weighted by atomic mass is 10.0. The Balaban J connectivity index is 3.39. The second-order valence-electron chi connectivity index (χ2n) is 22.5. The minimum absolute atomic E-state index is 0.00908. The maximum atomic E-state index is 12.5. The molecule has 1 amide bonds. The van der Waals surface area contributed by atoms with Crippen LogP contribution >= 0.6 is 0 Å². The van der Waals surface area contributed by atoms with Crippen molar-refractivity contribution in [2.45, 2.75) is 386 Å². The van der Waals surface area contributed by atoms with Gasteiger partial charge in [0.15, 0.2) is 0 Å². The van der Waals surface area contributed by atoms with E-state index in [0.29, 0.717) is 25.9 Å². The fraction of sp³-hybridized carbons (Fsp3) is 0.969. The van der Waals surface area contributed by atoms with Gasteiger partial charge in [-0.3, -0.25) is 9.59 Å². The van der Waals surface area contributed by atoms with Crippen LogP contribution in [0.3, 0.4) is 0 Å². The summed E-state index contributed by atoms with van der Waals surface area (Å²) in [5.41, 5.74) is 0. The van der Waals surface area contributed by atoms with Gasteiger partial charge in [-0.05, 0) is 25.7 Å². The monoisotopic (exact) mass is 990 g/mol. The third-order valence-electron chi connectivity index (χ3n) is 15.4. The van der Waals surface area contributed by atoms with Crippen molar-refractivity contribution < 1.29 is 24.5 Å². The van der Waals surface area contributed by atoms with Crippen LogP contribution in [0.4, 0.5) is 0 Å². The molecule has 6 nitrogen and oxygen atoms in total. The number of ether oxygens (including phenoxy) is 1. The van der Waals surface area contributed by atoms with E-state index in [9.17, 15) is 19.8 Å². The van der Waals surface area contributed by atoms with Gasteiger partial charge in [0, 0.05) is 12.8 Å². The summed E-state index contributed by atoms with van der Waals surface area (Å²) in [6, 6.07) is -0.546. The molecule has 0 bridgehead atoms. The second kappa shape index (κ2) is 60.4. The van der Waals surface area contributed by atoms with E-state index in [1.807, 2.05) is 0 Å². The van der Waals surface area contributed by atoms with Crippen LogP contribution in [0.5, 0.6) is 0 Å². The number of rotatable bonds is 61. The fourth-order valence-corrected chi connectivity index (χ4v) is 10.5. The molecule has 6 heteroatoms. The number of esters is 1. The van der Waals surface area contributed by atoms with Gasteiger partial charge in [0.25, 0.3) is 0 Å². The van der Waals surface area contributed by atoms with E-state index in [-0.39, 0.29) is 18.5 Å². The van der Waals surface area contributed by atoms with Gasteiger partial charge in [0.05, 0.1) is 25.4 Å². The van der Waals surface area contributed by atoms with Crippen LogP contribution in [-0.4, -0.2) is 47.4 Å². The van der Waals surface area contributed by atoms with Crippen LogP contribution in [0.25, 0.3) is 0 Å². The predicted octanol–water partition coefficient (Wildman–Crippen LogP) is 20.3. The quantitative estimate of drug-likeness (QED) is 0.0417. The number of aliphatic hydroxyl groups excluding tert-OH is 2. The number of nitrogens with one attached hydrogen (secondary N) is 1. The van der Waals surface area contributed by atoms with Crippen molar-refractivity contribution in [2.75, 3.05) is 13.2 Å². The summed E-state index contributed by atoms with van der Waals surface area (Å²) >= 11 is 0. The standard InChI is InChI=1S/C64H127NO5/c1-3-5-7-9-11-13-15-17-19-21-23-24-28-32-36-40-44-48-52-56-62(67)61(60-66)65-63(68)57-53-49-45-41-37-33-29-26-27-31-35-39-43-47-51-55-59-70-64(69)58-54-50-46-42-38-34-30-25-22-20-18-16-14-12-10-8-6-4-2/h61-62,66-67H,3-60H2,1-2H3,(H,65,68). The molecular formula is C64H127NO5. The van der Waals surface area contributed by atoms with Crippen molar-refractivity contribution in [2.24, 2.45) is 0 Å². The zero-order valence-electron chi connectivity index (χ0n) is 47.8. The first-order chi connectivity index (χ1) is 34.5. The van der Waals surface area contributed by atoms with E-state index in [2.05, 4.69) is 19.2 Å². The molecule has 70 heavy (non-hydrogen) atoms. The van der Waals surface area contributed by atoms with Crippen molar-refractivity contribution in [3.8, 4) is 0 Å². The van der Waals surface area contributed by atoms with E-state index in [0.717, 1.165) is 38.5 Å². The number of carbonyl (C=O) groups excluding carboxylic acids is 2. The summed E-state index contributed by atoms with van der Waals surface area (Å²) in [5.74, 6) is -0.0280. The van der Waals surface area contributed by atoms with Crippen LogP contribution in [-0.2, 0) is 14.3 Å². The van der Waals surface area contributed by atoms with Crippen molar-refractivity contribution in [3.63, 3.8) is 0 Å². The van der Waals surface area contributed by atoms with Gasteiger partial charge in [-0.2, -0.15) is 0 Å². The first-order valence-electron chi connectivity index (χ1n) is 32.3. The maximum Gasteiger partial charge on any atom is 0.305 e. The summed E-state index contributed by atoms with van der Waals surface area (Å²) in [6.07, 6.45) is 71.1. The summed E-state index contributed by atoms with van der Waals surface area (Å²) in [5, 5.41) is 23.4. The van der Waals surface area contributed by atoms with Gasteiger partial charge >= 0.3 is 5.97 Å². The molecule has 0 aliphatic rings. The van der Waals surface area contributed by atoms with Gasteiger partial charge < -0.3 is 20.3 Å². The number of hydrogen-bond acceptors (Lipinski definition) is 5. The second-order valence-corrected chi connectivity index (χ2v) is 22.5. The van der Waals surface area contributed by atoms with E-state index in [1.54, 1.807) is 0 Å². The average Bonchev–Trinajstić information content (AvgIpc) is 3.36. The lowest BCUT2D eigenvalue weighted by Crippen LogP contribution is -2.45. The largest absolute Gasteiger partial charge is 0.466 e. The van der Waals surface area contributed by atoms with E-state index in [1.165, 1.54) is 302 Å². The number of hydrogen-bond donors (Lipinski definition) is 3. The Bertz CT molecular complexity index is 1010. The molecule has 0 aliphatic heterocycles. The Morgan fingerprint density at radius 2 is 0.586 bits per heavy atom. The molecule has 0 aromatic carbocycles. The number of carbonyl (C=O) groups is 2. The highest BCUT2D eigenvalue weighted by molar-refractivity contribution is 5.76. The van der Waals surface area contributed by atoms with Gasteiger partial charge in [0.2, 0.25) is 5.91 Å². The fourth-order valence-electron chi connectivity index (χ4n) is 10.5. The van der Waals surface area contributed by atoms with Gasteiger partial charge in [0.1, 0.15) is 0 Å². The Labute approximate surface area is 438 Å². The molecular weight excluding hydrogens is 863 g/mol. The summed E-state index contributed by atoms with van der Waals surface area (Å²) < 4.78 is 5.50. The molecule has 0 radical (unpaired) electrons. The van der Waals surface area contributed by atoms with Gasteiger partial charge in [-0.15, -0.1) is 0 Å². The third-order valence-corrected chi connectivity index (χ3v) is 15.4. The Morgan fingerprint density at radius 3 is 0.871 bits per heavy atom. The van der Waals surface area contributed by atoms with Crippen molar-refractivity contribution in [3.05, 3.63) is 0 Å². The zero-order chi connectivity index (χ0) is 50.7. The van der Waals surface area contributed by atoms with Gasteiger partial charge in [-0.1, -0.05) is 335 Å². The smallest absolute Gasteiger partial charge is 0.305 e. The highest BCUT2D eigenvalue weighted by atomic mass is 16.5. The first kappa shape index (κ1) is 68.9. The Kier molecular flexibility index (Phi) is 59.4. The molecule has 2 atom stereocenters. The topological polar surface area (TPSA) is 95.9 Å². The molecule has 0 fully saturated rings. The van der Waals surface area contributed by atoms with Crippen LogP contribution in [0.15, 0.2) is 0 Å². The number of amides is 1. The van der Waals surface area contributed by atoms with Crippen LogP contribution in [0, 0.1) is 0 Å². The molecule has 0 aromatic heterocycles. The molecule has 0 saturated heterocycles. The molecule has 0 rings (SSSR count). The molecule has 2 unspecified atom stereocenters. The number of unbranched alkanes of at least 4 members (excludes halogenated alkanes) is 50. The molecule has 0 saturated carbocycles. The van der Waals surface area contributed by atoms with Crippen molar-refractivity contribution >= 4 is 11.9 Å². The van der Waals surface area contributed by atoms with Crippen molar-refractivity contribution in [1.29, 1.82) is 0 Å². The van der Waals surface area contributed by atoms with E-state index < -0.39 is 12.1 Å². The third kappa shape index (κ3) is 56.2. The summed E-state index contributed by atoms with van der Waals surface area (Å²) in [7, 11) is 0. The summed E-state index contributed by atoms with van der Waals surface area (Å²) in [4.78, 5) is 24.6. The highest BCUT2D eigenvalue weighted by Crippen LogP contribution is 2.19. The van der Waals surface area contributed by atoms with Crippen LogP contribution < -0.4 is 5.32 Å². The van der Waals surface area contributed by atoms with Gasteiger partial charge in [-0.25, -0.2) is 0 Å². The Hall–Kier alpha value is -1.14. The first-order valence-corrected chi connectivity index (χ1v) is 32.3. The molecule has 0 heterocycles. The van der Waals surface area contributed by atoms with E-state index in [4.69, 9.17) is 4.74 Å². The molecule has 0 spiro atoms. The zero-order valence-corrected chi connectivity index (χ0v) is 47.8. The maximum absolute atomic E-state index is 12.5. The molecule has 3 N–H and O–H groups in total. The molecule has 0 aromatic rings. The average molecular weight is 991 g/mol. The lowest BCUT2D eigenvalue weighted by Gasteiger charge is -2.22. The van der Waals surface area contributed by atoms with E-state index >= 15 is 0 Å². The lowest BCUT2D eigenvalue weighted by molar-refractivity contribution is -0.143. The summed E-state index contributed by atoms with van der Waals surface area (Å²) in [6.45, 7) is 4.98. The SMILES string of the molecule is CCCCCCCCCCCCCCCCCCCCCC(O)C(CO)NC(=O)CCCCCCCCCCCCCCCCCCOC(=O)CCCCCCCCCCCCCCCCCCCC.